The van der Waals surface area contributed by atoms with Crippen molar-refractivity contribution < 1.29 is 4.74 Å². The summed E-state index contributed by atoms with van der Waals surface area (Å²) in [5.41, 5.74) is 2.73. The molecule has 17 heavy (non-hydrogen) atoms. The summed E-state index contributed by atoms with van der Waals surface area (Å²) < 4.78 is 5.35. The summed E-state index contributed by atoms with van der Waals surface area (Å²) in [6.07, 6.45) is 1.30. The van der Waals surface area contributed by atoms with E-state index in [1.807, 2.05) is 6.07 Å². The van der Waals surface area contributed by atoms with Gasteiger partial charge < -0.3 is 15.0 Å². The molecule has 1 aromatic rings. The number of nitrogens with zero attached hydrogens (tertiary/aromatic N) is 1. The van der Waals surface area contributed by atoms with Crippen LogP contribution in [0.3, 0.4) is 0 Å². The molecule has 1 saturated heterocycles. The van der Waals surface area contributed by atoms with Crippen LogP contribution < -0.4 is 10.1 Å². The molecule has 2 atom stereocenters. The molecule has 1 aromatic carbocycles. The Morgan fingerprint density at radius 2 is 2.29 bits per heavy atom. The first-order chi connectivity index (χ1) is 8.28. The fourth-order valence-corrected chi connectivity index (χ4v) is 3.14. The molecule has 1 fully saturated rings. The van der Waals surface area contributed by atoms with Crippen molar-refractivity contribution in [3.8, 4) is 5.75 Å². The minimum absolute atomic E-state index is 0.667. The van der Waals surface area contributed by atoms with E-state index in [2.05, 4.69) is 29.4 Å². The Bertz CT molecular complexity index is 419. The summed E-state index contributed by atoms with van der Waals surface area (Å²) in [6.45, 7) is 3.52. The lowest BCUT2D eigenvalue weighted by atomic mass is 9.77. The minimum atomic E-state index is 0.667. The number of anilines is 1. The normalized spacial score (nSPS) is 27.9. The van der Waals surface area contributed by atoms with E-state index in [1.54, 1.807) is 7.11 Å². The molecule has 3 rings (SSSR count). The number of likely N-dealkylation sites (N-methyl/N-ethyl adjacent to an activating group) is 1. The molecule has 0 radical (unpaired) electrons. The van der Waals surface area contributed by atoms with Crippen LogP contribution in [-0.2, 0) is 0 Å². The van der Waals surface area contributed by atoms with E-state index < -0.39 is 0 Å². The fourth-order valence-electron chi connectivity index (χ4n) is 3.14. The molecule has 0 aliphatic carbocycles. The van der Waals surface area contributed by atoms with E-state index in [0.29, 0.717) is 5.92 Å². The Balaban J connectivity index is 1.97. The smallest absolute Gasteiger partial charge is 0.119 e. The van der Waals surface area contributed by atoms with E-state index in [9.17, 15) is 0 Å². The Hall–Kier alpha value is -1.22. The summed E-state index contributed by atoms with van der Waals surface area (Å²) in [5.74, 6) is 2.42. The van der Waals surface area contributed by atoms with Gasteiger partial charge in [-0.25, -0.2) is 0 Å². The van der Waals surface area contributed by atoms with Crippen molar-refractivity contribution in [2.75, 3.05) is 39.1 Å². The van der Waals surface area contributed by atoms with E-state index >= 15 is 0 Å². The zero-order chi connectivity index (χ0) is 11.8. The summed E-state index contributed by atoms with van der Waals surface area (Å²) in [5, 5.41) is 3.55. The van der Waals surface area contributed by atoms with E-state index in [1.165, 1.54) is 30.8 Å². The van der Waals surface area contributed by atoms with Crippen LogP contribution in [0.5, 0.6) is 5.75 Å². The van der Waals surface area contributed by atoms with Gasteiger partial charge >= 0.3 is 0 Å². The second-order valence-electron chi connectivity index (χ2n) is 5.25. The number of fused-ring (bicyclic) bond motifs is 3. The van der Waals surface area contributed by atoms with Crippen LogP contribution in [0.2, 0.25) is 0 Å². The first-order valence-electron chi connectivity index (χ1n) is 6.38. The van der Waals surface area contributed by atoms with Crippen molar-refractivity contribution in [3.63, 3.8) is 0 Å². The number of ether oxygens (including phenoxy) is 1. The third-order valence-corrected chi connectivity index (χ3v) is 4.17. The summed E-state index contributed by atoms with van der Waals surface area (Å²) in [4.78, 5) is 2.44. The molecule has 3 nitrogen and oxygen atoms in total. The molecule has 3 heteroatoms. The Morgan fingerprint density at radius 1 is 1.41 bits per heavy atom. The maximum absolute atomic E-state index is 5.35. The van der Waals surface area contributed by atoms with Gasteiger partial charge in [0.25, 0.3) is 0 Å². The van der Waals surface area contributed by atoms with Gasteiger partial charge in [-0.15, -0.1) is 0 Å². The first-order valence-corrected chi connectivity index (χ1v) is 6.38. The molecule has 1 N–H and O–H groups in total. The predicted octanol–water partition coefficient (Wildman–Crippen LogP) is 2.16. The SMILES string of the molecule is COc1ccc2c(c1)C1CN(C)CCC1CN2. The molecular formula is C14H20N2O. The fraction of sp³-hybridized carbons (Fsp3) is 0.571. The van der Waals surface area contributed by atoms with Crippen LogP contribution in [0, 0.1) is 5.92 Å². The second-order valence-corrected chi connectivity index (χ2v) is 5.25. The number of likely N-dealkylation sites (tertiary alicyclic amines) is 1. The number of benzene rings is 1. The van der Waals surface area contributed by atoms with Crippen molar-refractivity contribution in [1.29, 1.82) is 0 Å². The van der Waals surface area contributed by atoms with Gasteiger partial charge in [0.05, 0.1) is 7.11 Å². The van der Waals surface area contributed by atoms with Crippen LogP contribution in [0.1, 0.15) is 17.9 Å². The van der Waals surface area contributed by atoms with Crippen molar-refractivity contribution in [1.82, 2.24) is 4.90 Å². The lowest BCUT2D eigenvalue weighted by Gasteiger charge is -2.41. The van der Waals surface area contributed by atoms with Crippen LogP contribution in [0.4, 0.5) is 5.69 Å². The molecule has 2 heterocycles. The van der Waals surface area contributed by atoms with Crippen LogP contribution >= 0.6 is 0 Å². The van der Waals surface area contributed by atoms with Gasteiger partial charge in [-0.3, -0.25) is 0 Å². The number of piperidine rings is 1. The molecule has 0 bridgehead atoms. The average molecular weight is 232 g/mol. The molecule has 0 saturated carbocycles. The molecule has 0 aromatic heterocycles. The highest BCUT2D eigenvalue weighted by Gasteiger charge is 2.33. The first kappa shape index (κ1) is 10.9. The highest BCUT2D eigenvalue weighted by Crippen LogP contribution is 2.40. The van der Waals surface area contributed by atoms with Gasteiger partial charge in [-0.1, -0.05) is 0 Å². The zero-order valence-corrected chi connectivity index (χ0v) is 10.6. The third-order valence-electron chi connectivity index (χ3n) is 4.17. The standard InChI is InChI=1S/C14H20N2O/c1-16-6-5-10-8-15-14-4-3-11(17-2)7-12(14)13(10)9-16/h3-4,7,10,13,15H,5-6,8-9H2,1-2H3. The number of methoxy groups -OCH3 is 1. The van der Waals surface area contributed by atoms with Gasteiger partial charge in [-0.05, 0) is 49.7 Å². The number of hydrogen-bond acceptors (Lipinski definition) is 3. The maximum atomic E-state index is 5.35. The largest absolute Gasteiger partial charge is 0.497 e. The number of rotatable bonds is 1. The van der Waals surface area contributed by atoms with Gasteiger partial charge in [0.15, 0.2) is 0 Å². The Labute approximate surface area is 103 Å². The highest BCUT2D eigenvalue weighted by molar-refractivity contribution is 5.58. The molecule has 2 unspecified atom stereocenters. The van der Waals surface area contributed by atoms with E-state index in [4.69, 9.17) is 4.74 Å². The third kappa shape index (κ3) is 1.89. The zero-order valence-electron chi connectivity index (χ0n) is 10.6. The predicted molar refractivity (Wildman–Crippen MR) is 69.8 cm³/mol. The lowest BCUT2D eigenvalue weighted by molar-refractivity contribution is 0.192. The molecule has 0 amide bonds. The molecule has 92 valence electrons. The topological polar surface area (TPSA) is 24.5 Å². The molecule has 0 spiro atoms. The second kappa shape index (κ2) is 4.22. The van der Waals surface area contributed by atoms with E-state index in [0.717, 1.165) is 18.2 Å². The lowest BCUT2D eigenvalue weighted by Crippen LogP contribution is -2.41. The number of hydrogen-bond donors (Lipinski definition) is 1. The molecule has 2 aliphatic rings. The highest BCUT2D eigenvalue weighted by atomic mass is 16.5. The summed E-state index contributed by atoms with van der Waals surface area (Å²) in [7, 11) is 3.96. The number of nitrogens with one attached hydrogen (secondary N) is 1. The summed E-state index contributed by atoms with van der Waals surface area (Å²) in [6, 6.07) is 6.40. The molecular weight excluding hydrogens is 212 g/mol. The summed E-state index contributed by atoms with van der Waals surface area (Å²) >= 11 is 0. The monoisotopic (exact) mass is 232 g/mol. The minimum Gasteiger partial charge on any atom is -0.497 e. The van der Waals surface area contributed by atoms with Gasteiger partial charge in [-0.2, -0.15) is 0 Å². The Kier molecular flexibility index (Phi) is 2.71. The van der Waals surface area contributed by atoms with Crippen LogP contribution in [0.25, 0.3) is 0 Å². The average Bonchev–Trinajstić information content (AvgIpc) is 2.38. The quantitative estimate of drug-likeness (QED) is 0.803. The maximum Gasteiger partial charge on any atom is 0.119 e. The van der Waals surface area contributed by atoms with Gasteiger partial charge in [0.1, 0.15) is 5.75 Å². The van der Waals surface area contributed by atoms with E-state index in [-0.39, 0.29) is 0 Å². The van der Waals surface area contributed by atoms with Gasteiger partial charge in [0.2, 0.25) is 0 Å². The van der Waals surface area contributed by atoms with Crippen molar-refractivity contribution in [2.45, 2.75) is 12.3 Å². The molecule has 2 aliphatic heterocycles. The van der Waals surface area contributed by atoms with Crippen molar-refractivity contribution >= 4 is 5.69 Å². The van der Waals surface area contributed by atoms with Crippen LogP contribution in [-0.4, -0.2) is 38.7 Å². The van der Waals surface area contributed by atoms with Gasteiger partial charge in [0, 0.05) is 24.7 Å². The van der Waals surface area contributed by atoms with Crippen LogP contribution in [0.15, 0.2) is 18.2 Å². The van der Waals surface area contributed by atoms with Crippen molar-refractivity contribution in [2.24, 2.45) is 5.92 Å². The Morgan fingerprint density at radius 3 is 3.12 bits per heavy atom. The van der Waals surface area contributed by atoms with Crippen molar-refractivity contribution in [3.05, 3.63) is 23.8 Å².